The van der Waals surface area contributed by atoms with Crippen LogP contribution in [0, 0.1) is 0 Å². The van der Waals surface area contributed by atoms with Crippen molar-refractivity contribution in [1.82, 2.24) is 4.57 Å². The van der Waals surface area contributed by atoms with Crippen LogP contribution in [-0.2, 0) is 0 Å². The molecule has 0 saturated heterocycles. The lowest BCUT2D eigenvalue weighted by Crippen LogP contribution is -2.13. The van der Waals surface area contributed by atoms with Gasteiger partial charge in [-0.2, -0.15) is 0 Å². The molecule has 26 heavy (non-hydrogen) atoms. The average Bonchev–Trinajstić information content (AvgIpc) is 3.00. The highest BCUT2D eigenvalue weighted by Crippen LogP contribution is 2.31. The summed E-state index contributed by atoms with van der Waals surface area (Å²) in [7, 11) is 3.05. The number of fused-ring (bicyclic) bond motifs is 1. The van der Waals surface area contributed by atoms with E-state index in [4.69, 9.17) is 21.1 Å². The molecule has 0 aliphatic carbocycles. The monoisotopic (exact) mass is 372 g/mol. The third-order valence-electron chi connectivity index (χ3n) is 4.01. The van der Waals surface area contributed by atoms with Gasteiger partial charge in [-0.1, -0.05) is 11.6 Å². The zero-order chi connectivity index (χ0) is 18.8. The minimum absolute atomic E-state index is 0.199. The van der Waals surface area contributed by atoms with Crippen molar-refractivity contribution < 1.29 is 19.1 Å². The first-order chi connectivity index (χ1) is 12.4. The normalized spacial score (nSPS) is 10.6. The van der Waals surface area contributed by atoms with E-state index in [0.29, 0.717) is 38.7 Å². The van der Waals surface area contributed by atoms with E-state index in [0.717, 1.165) is 0 Å². The second-order valence-electron chi connectivity index (χ2n) is 5.61. The number of benzene rings is 2. The van der Waals surface area contributed by atoms with Gasteiger partial charge in [0, 0.05) is 29.6 Å². The maximum Gasteiger partial charge on any atom is 0.257 e. The zero-order valence-electron chi connectivity index (χ0n) is 14.5. The first-order valence-corrected chi connectivity index (χ1v) is 8.17. The van der Waals surface area contributed by atoms with Crippen molar-refractivity contribution in [3.63, 3.8) is 0 Å². The number of nitrogens with one attached hydrogen (secondary N) is 1. The van der Waals surface area contributed by atoms with Gasteiger partial charge in [-0.15, -0.1) is 0 Å². The van der Waals surface area contributed by atoms with Crippen LogP contribution in [0.3, 0.4) is 0 Å². The fourth-order valence-corrected chi connectivity index (χ4v) is 2.92. The Hall–Kier alpha value is -2.99. The van der Waals surface area contributed by atoms with Gasteiger partial charge in [0.15, 0.2) is 0 Å². The van der Waals surface area contributed by atoms with Gasteiger partial charge in [0.1, 0.15) is 11.5 Å². The zero-order valence-corrected chi connectivity index (χ0v) is 15.3. The van der Waals surface area contributed by atoms with E-state index in [1.165, 1.54) is 31.9 Å². The maximum absolute atomic E-state index is 12.9. The minimum Gasteiger partial charge on any atom is -0.497 e. The number of hydrogen-bond acceptors (Lipinski definition) is 4. The van der Waals surface area contributed by atoms with Crippen LogP contribution in [0.25, 0.3) is 10.9 Å². The Labute approximate surface area is 155 Å². The molecular formula is C19H17ClN2O4. The Balaban J connectivity index is 2.06. The summed E-state index contributed by atoms with van der Waals surface area (Å²) in [4.78, 5) is 24.8. The molecule has 0 aliphatic rings. The molecule has 0 unspecified atom stereocenters. The molecule has 0 radical (unpaired) electrons. The molecule has 7 heteroatoms. The van der Waals surface area contributed by atoms with Crippen LogP contribution in [0.1, 0.15) is 22.1 Å². The van der Waals surface area contributed by atoms with Gasteiger partial charge in [-0.05, 0) is 30.3 Å². The van der Waals surface area contributed by atoms with Crippen LogP contribution in [0.4, 0.5) is 5.69 Å². The predicted molar refractivity (Wildman–Crippen MR) is 101 cm³/mol. The van der Waals surface area contributed by atoms with E-state index in [9.17, 15) is 9.59 Å². The second kappa shape index (κ2) is 7.09. The standard InChI is InChI=1S/C19H17ClN2O4/c1-11(23)22-10-15(14-8-12(20)4-6-17(14)22)19(24)21-16-9-13(25-2)5-7-18(16)26-3/h4-10H,1-3H3,(H,21,24). The molecule has 0 aliphatic heterocycles. The fraction of sp³-hybridized carbons (Fsp3) is 0.158. The Morgan fingerprint density at radius 2 is 1.85 bits per heavy atom. The fourth-order valence-electron chi connectivity index (χ4n) is 2.75. The highest BCUT2D eigenvalue weighted by Gasteiger charge is 2.19. The Morgan fingerprint density at radius 1 is 1.08 bits per heavy atom. The Kier molecular flexibility index (Phi) is 4.86. The van der Waals surface area contributed by atoms with E-state index in [-0.39, 0.29) is 11.8 Å². The van der Waals surface area contributed by atoms with Crippen molar-refractivity contribution in [2.45, 2.75) is 6.92 Å². The summed E-state index contributed by atoms with van der Waals surface area (Å²) < 4.78 is 11.9. The van der Waals surface area contributed by atoms with E-state index < -0.39 is 0 Å². The number of carbonyl (C=O) groups is 2. The van der Waals surface area contributed by atoms with Gasteiger partial charge < -0.3 is 14.8 Å². The lowest BCUT2D eigenvalue weighted by atomic mass is 10.1. The summed E-state index contributed by atoms with van der Waals surface area (Å²) in [5, 5.41) is 3.87. The summed E-state index contributed by atoms with van der Waals surface area (Å²) in [5.74, 6) is 0.488. The van der Waals surface area contributed by atoms with Gasteiger partial charge in [0.2, 0.25) is 5.91 Å². The lowest BCUT2D eigenvalue weighted by molar-refractivity contribution is 0.0941. The van der Waals surface area contributed by atoms with Crippen LogP contribution < -0.4 is 14.8 Å². The average molecular weight is 373 g/mol. The van der Waals surface area contributed by atoms with E-state index in [1.54, 1.807) is 36.4 Å². The molecule has 1 N–H and O–H groups in total. The van der Waals surface area contributed by atoms with E-state index in [1.807, 2.05) is 0 Å². The van der Waals surface area contributed by atoms with Crippen molar-refractivity contribution >= 4 is 40.0 Å². The van der Waals surface area contributed by atoms with Crippen LogP contribution in [0.15, 0.2) is 42.6 Å². The number of carbonyl (C=O) groups excluding carboxylic acids is 2. The Morgan fingerprint density at radius 3 is 2.50 bits per heavy atom. The highest BCUT2D eigenvalue weighted by atomic mass is 35.5. The second-order valence-corrected chi connectivity index (χ2v) is 6.05. The van der Waals surface area contributed by atoms with Gasteiger partial charge in [-0.25, -0.2) is 0 Å². The summed E-state index contributed by atoms with van der Waals surface area (Å²) in [6.07, 6.45) is 1.51. The lowest BCUT2D eigenvalue weighted by Gasteiger charge is -2.11. The largest absolute Gasteiger partial charge is 0.497 e. The molecule has 0 saturated carbocycles. The molecule has 0 bridgehead atoms. The number of amides is 1. The molecule has 0 spiro atoms. The third kappa shape index (κ3) is 3.23. The SMILES string of the molecule is COc1ccc(OC)c(NC(=O)c2cn(C(C)=O)c3ccc(Cl)cc23)c1. The molecule has 1 amide bonds. The molecule has 3 aromatic rings. The molecule has 3 rings (SSSR count). The van der Waals surface area contributed by atoms with Crippen molar-refractivity contribution in [3.05, 3.63) is 53.2 Å². The molecule has 1 aromatic heterocycles. The summed E-state index contributed by atoms with van der Waals surface area (Å²) in [6, 6.07) is 10.1. The molecule has 134 valence electrons. The Bertz CT molecular complexity index is 1010. The quantitative estimate of drug-likeness (QED) is 0.744. The smallest absolute Gasteiger partial charge is 0.257 e. The predicted octanol–water partition coefficient (Wildman–Crippen LogP) is 4.22. The molecule has 2 aromatic carbocycles. The summed E-state index contributed by atoms with van der Waals surface area (Å²) in [6.45, 7) is 1.43. The number of methoxy groups -OCH3 is 2. The number of nitrogens with zero attached hydrogens (tertiary/aromatic N) is 1. The van der Waals surface area contributed by atoms with Crippen molar-refractivity contribution in [2.75, 3.05) is 19.5 Å². The van der Waals surface area contributed by atoms with Gasteiger partial charge in [0.25, 0.3) is 5.91 Å². The molecule has 6 nitrogen and oxygen atoms in total. The van der Waals surface area contributed by atoms with Crippen molar-refractivity contribution in [3.8, 4) is 11.5 Å². The van der Waals surface area contributed by atoms with Crippen LogP contribution in [0.5, 0.6) is 11.5 Å². The number of aromatic nitrogens is 1. The van der Waals surface area contributed by atoms with Gasteiger partial charge in [0.05, 0.1) is 31.0 Å². The summed E-state index contributed by atoms with van der Waals surface area (Å²) >= 11 is 6.07. The number of hydrogen-bond donors (Lipinski definition) is 1. The van der Waals surface area contributed by atoms with Gasteiger partial charge in [-0.3, -0.25) is 14.2 Å². The number of anilines is 1. The van der Waals surface area contributed by atoms with Crippen molar-refractivity contribution in [2.24, 2.45) is 0 Å². The summed E-state index contributed by atoms with van der Waals surface area (Å²) in [5.41, 5.74) is 1.41. The highest BCUT2D eigenvalue weighted by molar-refractivity contribution is 6.31. The van der Waals surface area contributed by atoms with Crippen LogP contribution in [0.2, 0.25) is 5.02 Å². The third-order valence-corrected chi connectivity index (χ3v) is 4.24. The molecular weight excluding hydrogens is 356 g/mol. The van der Waals surface area contributed by atoms with E-state index in [2.05, 4.69) is 5.32 Å². The number of rotatable bonds is 4. The first-order valence-electron chi connectivity index (χ1n) is 7.79. The minimum atomic E-state index is -0.385. The topological polar surface area (TPSA) is 69.6 Å². The van der Waals surface area contributed by atoms with Crippen molar-refractivity contribution in [1.29, 1.82) is 0 Å². The molecule has 1 heterocycles. The molecule has 0 fully saturated rings. The maximum atomic E-state index is 12.9. The molecule has 0 atom stereocenters. The van der Waals surface area contributed by atoms with Crippen LogP contribution in [-0.4, -0.2) is 30.6 Å². The van der Waals surface area contributed by atoms with E-state index >= 15 is 0 Å². The number of halogens is 1. The van der Waals surface area contributed by atoms with Gasteiger partial charge >= 0.3 is 0 Å². The first kappa shape index (κ1) is 17.8. The number of ether oxygens (including phenoxy) is 2. The van der Waals surface area contributed by atoms with Crippen LogP contribution >= 0.6 is 11.6 Å².